The molecular formula is C9H17F2NOS. The third-order valence-corrected chi connectivity index (χ3v) is 3.01. The van der Waals surface area contributed by atoms with Crippen LogP contribution in [0.3, 0.4) is 0 Å². The highest BCUT2D eigenvalue weighted by Crippen LogP contribution is 2.26. The van der Waals surface area contributed by atoms with Gasteiger partial charge >= 0.3 is 0 Å². The standard InChI is InChI=1S/C9H17F2NOS/c1-8(14-2)13-5-3-4-12-6-9(10,11)7-12/h8H,3-7H2,1-2H3. The zero-order valence-electron chi connectivity index (χ0n) is 8.63. The fourth-order valence-electron chi connectivity index (χ4n) is 1.37. The number of hydrogen-bond donors (Lipinski definition) is 0. The van der Waals surface area contributed by atoms with E-state index in [1.807, 2.05) is 13.2 Å². The molecule has 14 heavy (non-hydrogen) atoms. The van der Waals surface area contributed by atoms with Crippen LogP contribution in [0.25, 0.3) is 0 Å². The average molecular weight is 225 g/mol. The van der Waals surface area contributed by atoms with Crippen LogP contribution < -0.4 is 0 Å². The van der Waals surface area contributed by atoms with Crippen molar-refractivity contribution in [2.45, 2.75) is 24.7 Å². The summed E-state index contributed by atoms with van der Waals surface area (Å²) in [5.74, 6) is -2.44. The molecule has 1 aliphatic rings. The lowest BCUT2D eigenvalue weighted by atomic mass is 10.1. The molecule has 1 saturated heterocycles. The molecule has 1 unspecified atom stereocenters. The normalized spacial score (nSPS) is 23.1. The summed E-state index contributed by atoms with van der Waals surface area (Å²) in [6.07, 6.45) is 2.82. The van der Waals surface area contributed by atoms with Crippen molar-refractivity contribution in [3.05, 3.63) is 0 Å². The number of hydrogen-bond acceptors (Lipinski definition) is 3. The van der Waals surface area contributed by atoms with Crippen molar-refractivity contribution in [3.63, 3.8) is 0 Å². The smallest absolute Gasteiger partial charge is 0.272 e. The number of alkyl halides is 2. The van der Waals surface area contributed by atoms with E-state index < -0.39 is 5.92 Å². The summed E-state index contributed by atoms with van der Waals surface area (Å²) >= 11 is 1.65. The van der Waals surface area contributed by atoms with Crippen molar-refractivity contribution in [3.8, 4) is 0 Å². The lowest BCUT2D eigenvalue weighted by molar-refractivity contribution is -0.131. The second-order valence-electron chi connectivity index (χ2n) is 3.59. The molecule has 84 valence electrons. The molecule has 0 spiro atoms. The Bertz CT molecular complexity index is 172. The van der Waals surface area contributed by atoms with Crippen molar-refractivity contribution in [2.75, 3.05) is 32.5 Å². The largest absolute Gasteiger partial charge is 0.368 e. The Hall–Kier alpha value is 0.130. The maximum Gasteiger partial charge on any atom is 0.272 e. The van der Waals surface area contributed by atoms with Crippen LogP contribution in [0.1, 0.15) is 13.3 Å². The zero-order chi connectivity index (χ0) is 10.6. The van der Waals surface area contributed by atoms with E-state index in [-0.39, 0.29) is 18.5 Å². The minimum atomic E-state index is -2.44. The first kappa shape index (κ1) is 12.2. The van der Waals surface area contributed by atoms with Crippen molar-refractivity contribution < 1.29 is 13.5 Å². The van der Waals surface area contributed by atoms with Crippen LogP contribution in [-0.2, 0) is 4.74 Å². The number of likely N-dealkylation sites (tertiary alicyclic amines) is 1. The predicted octanol–water partition coefficient (Wildman–Crippen LogP) is 2.05. The van der Waals surface area contributed by atoms with Gasteiger partial charge in [0.1, 0.15) is 0 Å². The maximum atomic E-state index is 12.4. The summed E-state index contributed by atoms with van der Waals surface area (Å²) < 4.78 is 30.2. The molecule has 1 rings (SSSR count). The molecule has 5 heteroatoms. The lowest BCUT2D eigenvalue weighted by Gasteiger charge is -2.38. The van der Waals surface area contributed by atoms with Gasteiger partial charge in [0.05, 0.1) is 18.5 Å². The molecule has 0 aromatic rings. The molecule has 0 bridgehead atoms. The Morgan fingerprint density at radius 2 is 2.14 bits per heavy atom. The van der Waals surface area contributed by atoms with Crippen molar-refractivity contribution >= 4 is 11.8 Å². The van der Waals surface area contributed by atoms with Gasteiger partial charge in [0.15, 0.2) is 0 Å². The van der Waals surface area contributed by atoms with Gasteiger partial charge in [-0.15, -0.1) is 11.8 Å². The molecule has 0 aliphatic carbocycles. The summed E-state index contributed by atoms with van der Waals surface area (Å²) in [6.45, 7) is 3.21. The van der Waals surface area contributed by atoms with Crippen LogP contribution in [0.5, 0.6) is 0 Å². The summed E-state index contributed by atoms with van der Waals surface area (Å²) in [5.41, 5.74) is 0.202. The third-order valence-electron chi connectivity index (χ3n) is 2.21. The van der Waals surface area contributed by atoms with Crippen LogP contribution in [0.4, 0.5) is 8.78 Å². The highest BCUT2D eigenvalue weighted by molar-refractivity contribution is 7.99. The van der Waals surface area contributed by atoms with Crippen LogP contribution >= 0.6 is 11.8 Å². The van der Waals surface area contributed by atoms with E-state index in [0.717, 1.165) is 13.0 Å². The number of thioether (sulfide) groups is 1. The molecule has 1 aliphatic heterocycles. The van der Waals surface area contributed by atoms with E-state index in [1.54, 1.807) is 16.7 Å². The van der Waals surface area contributed by atoms with Gasteiger partial charge in [0.25, 0.3) is 5.92 Å². The maximum absolute atomic E-state index is 12.4. The van der Waals surface area contributed by atoms with Crippen LogP contribution in [0.2, 0.25) is 0 Å². The van der Waals surface area contributed by atoms with Crippen LogP contribution in [0, 0.1) is 0 Å². The Balaban J connectivity index is 1.91. The van der Waals surface area contributed by atoms with Gasteiger partial charge in [0, 0.05) is 13.2 Å². The number of halogens is 2. The molecule has 1 heterocycles. The number of rotatable bonds is 6. The van der Waals surface area contributed by atoms with E-state index >= 15 is 0 Å². The number of ether oxygens (including phenoxy) is 1. The van der Waals surface area contributed by atoms with Crippen LogP contribution in [0.15, 0.2) is 0 Å². The lowest BCUT2D eigenvalue weighted by Crippen LogP contribution is -2.56. The highest BCUT2D eigenvalue weighted by Gasteiger charge is 2.43. The Morgan fingerprint density at radius 1 is 1.50 bits per heavy atom. The molecule has 1 atom stereocenters. The summed E-state index contributed by atoms with van der Waals surface area (Å²) in [7, 11) is 0. The fraction of sp³-hybridized carbons (Fsp3) is 1.00. The SMILES string of the molecule is CSC(C)OCCCN1CC(F)(F)C1. The quantitative estimate of drug-likeness (QED) is 0.507. The second-order valence-corrected chi connectivity index (χ2v) is 4.73. The van der Waals surface area contributed by atoms with E-state index in [2.05, 4.69) is 0 Å². The Labute approximate surface area is 88.0 Å². The molecule has 0 radical (unpaired) electrons. The van der Waals surface area contributed by atoms with Gasteiger partial charge in [-0.2, -0.15) is 0 Å². The number of nitrogens with zero attached hydrogens (tertiary/aromatic N) is 1. The summed E-state index contributed by atoms with van der Waals surface area (Å²) in [4.78, 5) is 1.76. The fourth-order valence-corrected chi connectivity index (χ4v) is 1.60. The van der Waals surface area contributed by atoms with E-state index in [1.165, 1.54) is 0 Å². The molecular weight excluding hydrogens is 208 g/mol. The van der Waals surface area contributed by atoms with Crippen molar-refractivity contribution in [1.82, 2.24) is 4.90 Å². The minimum absolute atomic E-state index is 0.0783. The summed E-state index contributed by atoms with van der Waals surface area (Å²) in [6, 6.07) is 0. The second kappa shape index (κ2) is 5.28. The van der Waals surface area contributed by atoms with E-state index in [4.69, 9.17) is 4.74 Å². The monoisotopic (exact) mass is 225 g/mol. The molecule has 0 aromatic carbocycles. The predicted molar refractivity (Wildman–Crippen MR) is 54.9 cm³/mol. The van der Waals surface area contributed by atoms with Gasteiger partial charge in [-0.1, -0.05) is 0 Å². The third kappa shape index (κ3) is 4.11. The van der Waals surface area contributed by atoms with Crippen molar-refractivity contribution in [2.24, 2.45) is 0 Å². The summed E-state index contributed by atoms with van der Waals surface area (Å²) in [5, 5.41) is 0. The molecule has 0 aromatic heterocycles. The minimum Gasteiger partial charge on any atom is -0.368 e. The molecule has 2 nitrogen and oxygen atoms in total. The van der Waals surface area contributed by atoms with Gasteiger partial charge in [0.2, 0.25) is 0 Å². The van der Waals surface area contributed by atoms with Crippen molar-refractivity contribution in [1.29, 1.82) is 0 Å². The molecule has 0 amide bonds. The first-order chi connectivity index (χ1) is 6.53. The Kier molecular flexibility index (Phi) is 4.60. The molecule has 0 saturated carbocycles. The van der Waals surface area contributed by atoms with Gasteiger partial charge < -0.3 is 4.74 Å². The van der Waals surface area contributed by atoms with E-state index in [9.17, 15) is 8.78 Å². The average Bonchev–Trinajstić information content (AvgIpc) is 2.08. The first-order valence-corrected chi connectivity index (χ1v) is 6.07. The Morgan fingerprint density at radius 3 is 2.64 bits per heavy atom. The highest BCUT2D eigenvalue weighted by atomic mass is 32.2. The van der Waals surface area contributed by atoms with E-state index in [0.29, 0.717) is 6.61 Å². The van der Waals surface area contributed by atoms with Gasteiger partial charge in [-0.3, -0.25) is 4.90 Å². The van der Waals surface area contributed by atoms with Gasteiger partial charge in [-0.25, -0.2) is 8.78 Å². The zero-order valence-corrected chi connectivity index (χ0v) is 9.45. The van der Waals surface area contributed by atoms with Crippen LogP contribution in [-0.4, -0.2) is 48.8 Å². The molecule has 0 N–H and O–H groups in total. The molecule has 1 fully saturated rings. The van der Waals surface area contributed by atoms with Gasteiger partial charge in [-0.05, 0) is 19.6 Å². The first-order valence-electron chi connectivity index (χ1n) is 4.78. The topological polar surface area (TPSA) is 12.5 Å².